The number of carbonyl (C=O) groups is 1. The van der Waals surface area contributed by atoms with Gasteiger partial charge in [-0.25, -0.2) is 13.9 Å². The zero-order chi connectivity index (χ0) is 25.2. The van der Waals surface area contributed by atoms with E-state index in [1.165, 1.54) is 12.1 Å². The van der Waals surface area contributed by atoms with Crippen molar-refractivity contribution in [2.45, 2.75) is 19.9 Å². The Labute approximate surface area is 208 Å². The van der Waals surface area contributed by atoms with E-state index in [0.717, 1.165) is 16.8 Å². The van der Waals surface area contributed by atoms with Gasteiger partial charge in [0.2, 0.25) is 5.95 Å². The molecule has 1 fully saturated rings. The van der Waals surface area contributed by atoms with Gasteiger partial charge in [0, 0.05) is 18.7 Å². The molecule has 5 rings (SSSR count). The van der Waals surface area contributed by atoms with Gasteiger partial charge in [-0.05, 0) is 61.9 Å². The van der Waals surface area contributed by atoms with Gasteiger partial charge in [-0.2, -0.15) is 0 Å². The number of halogens is 1. The number of morpholine rings is 1. The summed E-state index contributed by atoms with van der Waals surface area (Å²) in [6.45, 7) is 6.15. The van der Waals surface area contributed by atoms with Crippen LogP contribution in [-0.2, 0) is 4.74 Å². The lowest BCUT2D eigenvalue weighted by molar-refractivity contribution is 0.0940. The summed E-state index contributed by atoms with van der Waals surface area (Å²) < 4.78 is 20.4. The molecule has 1 atom stereocenters. The molecule has 0 saturated carbocycles. The summed E-state index contributed by atoms with van der Waals surface area (Å²) in [5, 5.41) is 3.36. The Hall–Kier alpha value is -4.04. The van der Waals surface area contributed by atoms with Crippen LogP contribution in [0.2, 0.25) is 0 Å². The third-order valence-corrected chi connectivity index (χ3v) is 6.42. The first-order valence-electron chi connectivity index (χ1n) is 11.9. The third kappa shape index (κ3) is 4.72. The molecule has 1 aromatic heterocycles. The summed E-state index contributed by atoms with van der Waals surface area (Å²) >= 11 is 0. The van der Waals surface area contributed by atoms with Crippen LogP contribution >= 0.6 is 0 Å². The van der Waals surface area contributed by atoms with E-state index in [2.05, 4.69) is 5.32 Å². The molecule has 36 heavy (non-hydrogen) atoms. The highest BCUT2D eigenvalue weighted by Gasteiger charge is 2.21. The molecule has 1 N–H and O–H groups in total. The number of nitrogens with one attached hydrogen (secondary N) is 1. The third-order valence-electron chi connectivity index (χ3n) is 6.42. The molecule has 4 aromatic rings. The largest absolute Gasteiger partial charge is 0.378 e. The lowest BCUT2D eigenvalue weighted by atomic mass is 10.1. The Morgan fingerprint density at radius 1 is 1.03 bits per heavy atom. The number of aryl methyl sites for hydroxylation is 1. The number of nitrogens with zero attached hydrogens (tertiary/aromatic N) is 3. The number of carbonyl (C=O) groups excluding carboxylic acids is 1. The van der Waals surface area contributed by atoms with Crippen LogP contribution in [0.1, 0.15) is 34.5 Å². The van der Waals surface area contributed by atoms with Crippen LogP contribution in [0.4, 0.5) is 10.3 Å². The van der Waals surface area contributed by atoms with Gasteiger partial charge in [-0.3, -0.25) is 9.59 Å². The molecule has 0 radical (unpaired) electrons. The molecule has 0 aliphatic carbocycles. The fraction of sp³-hybridized carbons (Fsp3) is 0.250. The monoisotopic (exact) mass is 486 g/mol. The topological polar surface area (TPSA) is 76.5 Å². The summed E-state index contributed by atoms with van der Waals surface area (Å²) in [5.74, 6) is -0.103. The summed E-state index contributed by atoms with van der Waals surface area (Å²) in [6, 6.07) is 18.4. The van der Waals surface area contributed by atoms with E-state index in [1.54, 1.807) is 34.9 Å². The standard InChI is InChI=1S/C28H27FN4O3/c1-18-3-10-23(11-4-18)33-27(35)24-12-7-21(17-25(24)31-28(33)32-13-15-36-16-14-32)26(34)30-19(2)20-5-8-22(29)9-6-20/h3-12,17,19H,13-16H2,1-2H3,(H,30,34). The molecule has 0 spiro atoms. The summed E-state index contributed by atoms with van der Waals surface area (Å²) in [5.41, 5.74) is 3.27. The van der Waals surface area contributed by atoms with Crippen molar-refractivity contribution in [3.8, 4) is 5.69 Å². The Kier molecular flexibility index (Phi) is 6.52. The maximum absolute atomic E-state index is 13.7. The molecule has 8 heteroatoms. The Bertz CT molecular complexity index is 1460. The van der Waals surface area contributed by atoms with E-state index >= 15 is 0 Å². The molecule has 2 heterocycles. The molecular formula is C28H27FN4O3. The summed E-state index contributed by atoms with van der Waals surface area (Å²) in [6.07, 6.45) is 0. The SMILES string of the molecule is Cc1ccc(-n2c(N3CCOCC3)nc3cc(C(=O)NC(C)c4ccc(F)cc4)ccc3c2=O)cc1. The van der Waals surface area contributed by atoms with Gasteiger partial charge in [-0.1, -0.05) is 29.8 Å². The van der Waals surface area contributed by atoms with Gasteiger partial charge in [0.1, 0.15) is 5.82 Å². The van der Waals surface area contributed by atoms with E-state index in [1.807, 2.05) is 43.0 Å². The van der Waals surface area contributed by atoms with Gasteiger partial charge in [0.15, 0.2) is 0 Å². The lowest BCUT2D eigenvalue weighted by Crippen LogP contribution is -2.40. The number of rotatable bonds is 5. The fourth-order valence-electron chi connectivity index (χ4n) is 4.33. The smallest absolute Gasteiger partial charge is 0.267 e. The van der Waals surface area contributed by atoms with E-state index < -0.39 is 0 Å². The molecule has 1 amide bonds. The van der Waals surface area contributed by atoms with Crippen molar-refractivity contribution in [3.63, 3.8) is 0 Å². The molecule has 1 aliphatic heterocycles. The molecule has 3 aromatic carbocycles. The molecule has 184 valence electrons. The highest BCUT2D eigenvalue weighted by Crippen LogP contribution is 2.22. The zero-order valence-corrected chi connectivity index (χ0v) is 20.2. The van der Waals surface area contributed by atoms with Gasteiger partial charge >= 0.3 is 0 Å². The molecule has 1 aliphatic rings. The number of fused-ring (bicyclic) bond motifs is 1. The average Bonchev–Trinajstić information content (AvgIpc) is 2.90. The van der Waals surface area contributed by atoms with E-state index in [4.69, 9.17) is 9.72 Å². The molecule has 0 bridgehead atoms. The summed E-state index contributed by atoms with van der Waals surface area (Å²) in [7, 11) is 0. The number of hydrogen-bond acceptors (Lipinski definition) is 5. The van der Waals surface area contributed by atoms with E-state index in [-0.39, 0.29) is 23.3 Å². The van der Waals surface area contributed by atoms with Gasteiger partial charge in [-0.15, -0.1) is 0 Å². The lowest BCUT2D eigenvalue weighted by Gasteiger charge is -2.30. The van der Waals surface area contributed by atoms with Crippen LogP contribution in [0.3, 0.4) is 0 Å². The minimum absolute atomic E-state index is 0.197. The first kappa shape index (κ1) is 23.7. The highest BCUT2D eigenvalue weighted by atomic mass is 19.1. The van der Waals surface area contributed by atoms with Gasteiger partial charge < -0.3 is 15.0 Å². The molecule has 1 saturated heterocycles. The van der Waals surface area contributed by atoms with Gasteiger partial charge in [0.25, 0.3) is 11.5 Å². The number of anilines is 1. The van der Waals surface area contributed by atoms with Gasteiger partial charge in [0.05, 0.1) is 35.8 Å². The number of aromatic nitrogens is 2. The second kappa shape index (κ2) is 9.91. The number of ether oxygens (including phenoxy) is 1. The predicted molar refractivity (Wildman–Crippen MR) is 137 cm³/mol. The molecule has 1 unspecified atom stereocenters. The predicted octanol–water partition coefficient (Wildman–Crippen LogP) is 4.16. The second-order valence-corrected chi connectivity index (χ2v) is 8.97. The van der Waals surface area contributed by atoms with Crippen molar-refractivity contribution >= 4 is 22.8 Å². The van der Waals surface area contributed by atoms with Crippen LogP contribution in [0.25, 0.3) is 16.6 Å². The van der Waals surface area contributed by atoms with Crippen molar-refractivity contribution in [3.05, 3.63) is 99.6 Å². The first-order valence-corrected chi connectivity index (χ1v) is 11.9. The van der Waals surface area contributed by atoms with Crippen LogP contribution in [0.5, 0.6) is 0 Å². The van der Waals surface area contributed by atoms with E-state index in [9.17, 15) is 14.0 Å². The highest BCUT2D eigenvalue weighted by molar-refractivity contribution is 5.98. The number of benzene rings is 3. The Morgan fingerprint density at radius 3 is 2.42 bits per heavy atom. The zero-order valence-electron chi connectivity index (χ0n) is 20.2. The van der Waals surface area contributed by atoms with Crippen LogP contribution in [0.15, 0.2) is 71.5 Å². The summed E-state index contributed by atoms with van der Waals surface area (Å²) in [4.78, 5) is 33.6. The van der Waals surface area contributed by atoms with Crippen molar-refractivity contribution < 1.29 is 13.9 Å². The van der Waals surface area contributed by atoms with Crippen molar-refractivity contribution in [2.75, 3.05) is 31.2 Å². The minimum Gasteiger partial charge on any atom is -0.378 e. The Balaban J connectivity index is 1.54. The minimum atomic E-state index is -0.328. The van der Waals surface area contributed by atoms with Crippen LogP contribution in [0, 0.1) is 12.7 Å². The number of hydrogen-bond donors (Lipinski definition) is 1. The van der Waals surface area contributed by atoms with Crippen molar-refractivity contribution in [1.29, 1.82) is 0 Å². The fourth-order valence-corrected chi connectivity index (χ4v) is 4.33. The quantitative estimate of drug-likeness (QED) is 0.459. The Morgan fingerprint density at radius 2 is 1.72 bits per heavy atom. The second-order valence-electron chi connectivity index (χ2n) is 8.97. The van der Waals surface area contributed by atoms with E-state index in [0.29, 0.717) is 48.7 Å². The van der Waals surface area contributed by atoms with Crippen molar-refractivity contribution in [1.82, 2.24) is 14.9 Å². The maximum Gasteiger partial charge on any atom is 0.267 e. The van der Waals surface area contributed by atoms with Crippen LogP contribution in [-0.4, -0.2) is 41.8 Å². The van der Waals surface area contributed by atoms with Crippen LogP contribution < -0.4 is 15.8 Å². The maximum atomic E-state index is 13.7. The molecule has 7 nitrogen and oxygen atoms in total. The van der Waals surface area contributed by atoms with Crippen molar-refractivity contribution in [2.24, 2.45) is 0 Å². The first-order chi connectivity index (χ1) is 17.4. The number of amides is 1. The normalized spacial score (nSPS) is 14.6. The average molecular weight is 487 g/mol. The molecular weight excluding hydrogens is 459 g/mol.